The molecule has 19 heavy (non-hydrogen) atoms. The van der Waals surface area contributed by atoms with E-state index in [9.17, 15) is 0 Å². The predicted octanol–water partition coefficient (Wildman–Crippen LogP) is 5.81. The molecule has 0 spiro atoms. The minimum Gasteiger partial charge on any atom is -0.261 e. The lowest BCUT2D eigenvalue weighted by atomic mass is 9.85. The minimum atomic E-state index is 0.707. The normalized spacial score (nSPS) is 24.1. The summed E-state index contributed by atoms with van der Waals surface area (Å²) < 4.78 is 0. The number of nitrogens with zero attached hydrogens (tertiary/aromatic N) is 1. The Bertz CT molecular complexity index is 337. The number of hydrogen-bond donors (Lipinski definition) is 0. The maximum absolute atomic E-state index is 4.80. The maximum Gasteiger partial charge on any atom is 0.0469 e. The zero-order valence-electron chi connectivity index (χ0n) is 12.7. The third-order valence-corrected chi connectivity index (χ3v) is 4.58. The summed E-state index contributed by atoms with van der Waals surface area (Å²) in [5, 5.41) is 0. The first kappa shape index (κ1) is 14.6. The van der Waals surface area contributed by atoms with Crippen molar-refractivity contribution < 1.29 is 0 Å². The fraction of sp³-hybridized carbons (Fsp3) is 0.722. The first-order chi connectivity index (χ1) is 9.36. The number of pyridine rings is 1. The van der Waals surface area contributed by atoms with Gasteiger partial charge in [0.1, 0.15) is 0 Å². The highest BCUT2D eigenvalue weighted by Crippen LogP contribution is 2.37. The van der Waals surface area contributed by atoms with Crippen molar-refractivity contribution in [1.82, 2.24) is 4.98 Å². The zero-order valence-corrected chi connectivity index (χ0v) is 12.7. The van der Waals surface area contributed by atoms with Gasteiger partial charge in [-0.15, -0.1) is 0 Å². The van der Waals surface area contributed by atoms with Crippen LogP contribution in [0.2, 0.25) is 0 Å². The average molecular weight is 259 g/mol. The third-order valence-electron chi connectivity index (χ3n) is 4.58. The van der Waals surface area contributed by atoms with Gasteiger partial charge in [-0.3, -0.25) is 4.98 Å². The standard InChI is InChI=1S/C18H29N/c1-3-9-15-11-6-5-7-12-16(10-4-2)18-17(15)13-8-14-19-18/h8,13-16H,3-7,9-12H2,1-2H3. The topological polar surface area (TPSA) is 12.9 Å². The van der Waals surface area contributed by atoms with Gasteiger partial charge >= 0.3 is 0 Å². The Morgan fingerprint density at radius 3 is 2.42 bits per heavy atom. The molecule has 0 amide bonds. The lowest BCUT2D eigenvalue weighted by molar-refractivity contribution is 0.512. The van der Waals surface area contributed by atoms with E-state index in [1.165, 1.54) is 63.5 Å². The predicted molar refractivity (Wildman–Crippen MR) is 82.6 cm³/mol. The van der Waals surface area contributed by atoms with Gasteiger partial charge in [-0.25, -0.2) is 0 Å². The summed E-state index contributed by atoms with van der Waals surface area (Å²) in [5.41, 5.74) is 3.01. The molecule has 0 fully saturated rings. The summed E-state index contributed by atoms with van der Waals surface area (Å²) >= 11 is 0. The van der Waals surface area contributed by atoms with Gasteiger partial charge in [-0.05, 0) is 43.2 Å². The second-order valence-corrected chi connectivity index (χ2v) is 6.09. The van der Waals surface area contributed by atoms with Crippen LogP contribution in [0.5, 0.6) is 0 Å². The molecule has 1 aliphatic carbocycles. The summed E-state index contributed by atoms with van der Waals surface area (Å²) in [6, 6.07) is 4.50. The molecule has 0 aromatic carbocycles. The molecule has 1 heteroatoms. The zero-order chi connectivity index (χ0) is 13.5. The van der Waals surface area contributed by atoms with E-state index in [1.807, 2.05) is 6.20 Å². The molecule has 1 aliphatic rings. The summed E-state index contributed by atoms with van der Waals surface area (Å²) in [5.74, 6) is 1.46. The third kappa shape index (κ3) is 3.81. The summed E-state index contributed by atoms with van der Waals surface area (Å²) in [6.45, 7) is 4.62. The van der Waals surface area contributed by atoms with Crippen LogP contribution < -0.4 is 0 Å². The molecule has 0 saturated heterocycles. The number of fused-ring (bicyclic) bond motifs is 1. The Hall–Kier alpha value is -0.850. The number of hydrogen-bond acceptors (Lipinski definition) is 1. The van der Waals surface area contributed by atoms with E-state index < -0.39 is 0 Å². The molecule has 2 rings (SSSR count). The van der Waals surface area contributed by atoms with Crippen LogP contribution >= 0.6 is 0 Å². The van der Waals surface area contributed by atoms with Crippen molar-refractivity contribution >= 4 is 0 Å². The molecule has 0 aliphatic heterocycles. The summed E-state index contributed by atoms with van der Waals surface area (Å²) in [4.78, 5) is 4.80. The Morgan fingerprint density at radius 2 is 1.68 bits per heavy atom. The van der Waals surface area contributed by atoms with E-state index in [-0.39, 0.29) is 0 Å². The molecule has 0 N–H and O–H groups in total. The van der Waals surface area contributed by atoms with Crippen molar-refractivity contribution in [3.8, 4) is 0 Å². The SMILES string of the molecule is CCCC1CCCCCC(CCC)c2ncccc21. The van der Waals surface area contributed by atoms with Gasteiger partial charge < -0.3 is 0 Å². The average Bonchev–Trinajstić information content (AvgIpc) is 2.51. The van der Waals surface area contributed by atoms with Crippen molar-refractivity contribution in [3.05, 3.63) is 29.6 Å². The van der Waals surface area contributed by atoms with Crippen molar-refractivity contribution in [2.24, 2.45) is 0 Å². The lowest BCUT2D eigenvalue weighted by Crippen LogP contribution is -2.08. The van der Waals surface area contributed by atoms with E-state index in [2.05, 4.69) is 26.0 Å². The molecular formula is C18H29N. The Balaban J connectivity index is 2.32. The Kier molecular flexibility index (Phi) is 5.88. The van der Waals surface area contributed by atoms with Crippen LogP contribution in [0.25, 0.3) is 0 Å². The van der Waals surface area contributed by atoms with Crippen LogP contribution in [0, 0.1) is 0 Å². The van der Waals surface area contributed by atoms with E-state index in [0.717, 1.165) is 5.92 Å². The van der Waals surface area contributed by atoms with Crippen molar-refractivity contribution in [2.45, 2.75) is 83.5 Å². The van der Waals surface area contributed by atoms with Gasteiger partial charge in [0.2, 0.25) is 0 Å². The van der Waals surface area contributed by atoms with Gasteiger partial charge in [0, 0.05) is 17.8 Å². The maximum atomic E-state index is 4.80. The van der Waals surface area contributed by atoms with Crippen LogP contribution in [-0.2, 0) is 0 Å². The minimum absolute atomic E-state index is 0.707. The molecular weight excluding hydrogens is 230 g/mol. The monoisotopic (exact) mass is 259 g/mol. The van der Waals surface area contributed by atoms with Crippen molar-refractivity contribution in [1.29, 1.82) is 0 Å². The first-order valence-electron chi connectivity index (χ1n) is 8.31. The molecule has 1 aromatic rings. The summed E-state index contributed by atoms with van der Waals surface area (Å²) in [7, 11) is 0. The van der Waals surface area contributed by atoms with E-state index in [0.29, 0.717) is 5.92 Å². The second-order valence-electron chi connectivity index (χ2n) is 6.09. The quantitative estimate of drug-likeness (QED) is 0.664. The van der Waals surface area contributed by atoms with Crippen LogP contribution in [0.4, 0.5) is 0 Å². The molecule has 0 radical (unpaired) electrons. The highest BCUT2D eigenvalue weighted by atomic mass is 14.7. The van der Waals surface area contributed by atoms with E-state index >= 15 is 0 Å². The molecule has 2 unspecified atom stereocenters. The number of aromatic nitrogens is 1. The summed E-state index contributed by atoms with van der Waals surface area (Å²) in [6.07, 6.45) is 14.1. The van der Waals surface area contributed by atoms with Crippen molar-refractivity contribution in [3.63, 3.8) is 0 Å². The Morgan fingerprint density at radius 1 is 1.00 bits per heavy atom. The smallest absolute Gasteiger partial charge is 0.0469 e. The molecule has 1 aromatic heterocycles. The van der Waals surface area contributed by atoms with Gasteiger partial charge in [0.05, 0.1) is 0 Å². The van der Waals surface area contributed by atoms with Crippen LogP contribution in [-0.4, -0.2) is 4.98 Å². The molecule has 0 bridgehead atoms. The molecule has 106 valence electrons. The molecule has 1 nitrogen and oxygen atoms in total. The van der Waals surface area contributed by atoms with Crippen molar-refractivity contribution in [2.75, 3.05) is 0 Å². The number of rotatable bonds is 4. The van der Waals surface area contributed by atoms with Crippen LogP contribution in [0.3, 0.4) is 0 Å². The highest BCUT2D eigenvalue weighted by molar-refractivity contribution is 5.27. The van der Waals surface area contributed by atoms with E-state index in [4.69, 9.17) is 4.98 Å². The van der Waals surface area contributed by atoms with Gasteiger partial charge in [-0.1, -0.05) is 52.0 Å². The molecule has 2 atom stereocenters. The fourth-order valence-corrected chi connectivity index (χ4v) is 3.64. The van der Waals surface area contributed by atoms with E-state index in [1.54, 1.807) is 5.56 Å². The van der Waals surface area contributed by atoms with Gasteiger partial charge in [0.15, 0.2) is 0 Å². The second kappa shape index (κ2) is 7.67. The lowest BCUT2D eigenvalue weighted by Gasteiger charge is -2.22. The van der Waals surface area contributed by atoms with Crippen LogP contribution in [0.15, 0.2) is 18.3 Å². The molecule has 1 heterocycles. The van der Waals surface area contributed by atoms with Gasteiger partial charge in [0.25, 0.3) is 0 Å². The Labute approximate surface area is 118 Å². The van der Waals surface area contributed by atoms with Gasteiger partial charge in [-0.2, -0.15) is 0 Å². The largest absolute Gasteiger partial charge is 0.261 e. The fourth-order valence-electron chi connectivity index (χ4n) is 3.64. The highest BCUT2D eigenvalue weighted by Gasteiger charge is 2.22. The first-order valence-corrected chi connectivity index (χ1v) is 8.31. The van der Waals surface area contributed by atoms with Crippen LogP contribution in [0.1, 0.15) is 94.7 Å². The molecule has 0 saturated carbocycles.